The molecule has 1 saturated heterocycles. The van der Waals surface area contributed by atoms with E-state index in [0.29, 0.717) is 30.3 Å². The molecule has 144 valence electrons. The Labute approximate surface area is 156 Å². The van der Waals surface area contributed by atoms with Gasteiger partial charge in [-0.1, -0.05) is 0 Å². The standard InChI is InChI=1S/C16H27N3O4S.ClH/c1-12-14(11-15(23-12)24(21,22)18(3)4)16(20)19-9-6-13(7-10-19)5-8-17-2;/h11,13,17H,5-10H2,1-4H3;1H. The summed E-state index contributed by atoms with van der Waals surface area (Å²) in [5, 5.41) is 2.97. The number of hydrogen-bond acceptors (Lipinski definition) is 5. The van der Waals surface area contributed by atoms with Crippen molar-refractivity contribution in [2.24, 2.45) is 5.92 Å². The maximum absolute atomic E-state index is 12.7. The Kier molecular flexibility index (Phi) is 7.92. The van der Waals surface area contributed by atoms with Crippen LogP contribution >= 0.6 is 12.4 Å². The first-order valence-electron chi connectivity index (χ1n) is 8.24. The molecule has 0 aromatic carbocycles. The van der Waals surface area contributed by atoms with Crippen LogP contribution in [-0.2, 0) is 10.0 Å². The lowest BCUT2D eigenvalue weighted by atomic mass is 9.93. The number of halogens is 1. The Bertz CT molecular complexity index is 680. The van der Waals surface area contributed by atoms with Gasteiger partial charge in [0.2, 0.25) is 5.09 Å². The molecule has 2 rings (SSSR count). The third-order valence-corrected chi connectivity index (χ3v) is 6.24. The van der Waals surface area contributed by atoms with Gasteiger partial charge in [0.15, 0.2) is 0 Å². The number of nitrogens with one attached hydrogen (secondary N) is 1. The first-order chi connectivity index (χ1) is 11.3. The van der Waals surface area contributed by atoms with Crippen molar-refractivity contribution in [1.29, 1.82) is 0 Å². The number of hydrogen-bond donors (Lipinski definition) is 1. The molecule has 1 aromatic heterocycles. The van der Waals surface area contributed by atoms with E-state index in [1.807, 2.05) is 7.05 Å². The van der Waals surface area contributed by atoms with Crippen molar-refractivity contribution >= 4 is 28.3 Å². The fourth-order valence-electron chi connectivity index (χ4n) is 2.92. The molecule has 1 N–H and O–H groups in total. The lowest BCUT2D eigenvalue weighted by Gasteiger charge is -2.32. The summed E-state index contributed by atoms with van der Waals surface area (Å²) in [6, 6.07) is 1.35. The lowest BCUT2D eigenvalue weighted by Crippen LogP contribution is -2.39. The zero-order valence-corrected chi connectivity index (χ0v) is 16.9. The van der Waals surface area contributed by atoms with Gasteiger partial charge >= 0.3 is 0 Å². The highest BCUT2D eigenvalue weighted by atomic mass is 35.5. The summed E-state index contributed by atoms with van der Waals surface area (Å²) < 4.78 is 30.7. The van der Waals surface area contributed by atoms with Crippen LogP contribution in [0.4, 0.5) is 0 Å². The molecule has 1 fully saturated rings. The summed E-state index contributed by atoms with van der Waals surface area (Å²) >= 11 is 0. The molecule has 0 radical (unpaired) electrons. The Morgan fingerprint density at radius 3 is 2.48 bits per heavy atom. The normalized spacial score (nSPS) is 16.1. The highest BCUT2D eigenvalue weighted by Crippen LogP contribution is 2.25. The van der Waals surface area contributed by atoms with Crippen LogP contribution in [0.3, 0.4) is 0 Å². The van der Waals surface area contributed by atoms with Gasteiger partial charge in [-0.2, -0.15) is 0 Å². The summed E-state index contributed by atoms with van der Waals surface area (Å²) in [6.45, 7) is 4.02. The van der Waals surface area contributed by atoms with Crippen molar-refractivity contribution in [3.8, 4) is 0 Å². The largest absolute Gasteiger partial charge is 0.448 e. The van der Waals surface area contributed by atoms with Crippen LogP contribution in [0.1, 0.15) is 35.4 Å². The molecule has 25 heavy (non-hydrogen) atoms. The van der Waals surface area contributed by atoms with Gasteiger partial charge in [0.1, 0.15) is 5.76 Å². The van der Waals surface area contributed by atoms with E-state index in [1.165, 1.54) is 20.2 Å². The topological polar surface area (TPSA) is 82.9 Å². The van der Waals surface area contributed by atoms with Gasteiger partial charge in [-0.3, -0.25) is 4.79 Å². The number of rotatable bonds is 6. The summed E-state index contributed by atoms with van der Waals surface area (Å²) in [6.07, 6.45) is 3.08. The molecular weight excluding hydrogens is 366 g/mol. The number of furan rings is 1. The van der Waals surface area contributed by atoms with E-state index in [0.717, 1.165) is 30.1 Å². The molecular formula is C16H28ClN3O4S. The molecule has 0 unspecified atom stereocenters. The second-order valence-corrected chi connectivity index (χ2v) is 8.53. The van der Waals surface area contributed by atoms with Crippen molar-refractivity contribution in [2.45, 2.75) is 31.3 Å². The number of aryl methyl sites for hydroxylation is 1. The van der Waals surface area contributed by atoms with E-state index < -0.39 is 10.0 Å². The van der Waals surface area contributed by atoms with Gasteiger partial charge in [0.05, 0.1) is 5.56 Å². The number of nitrogens with zero attached hydrogens (tertiary/aromatic N) is 2. The van der Waals surface area contributed by atoms with Gasteiger partial charge in [0, 0.05) is 33.3 Å². The first-order valence-corrected chi connectivity index (χ1v) is 9.68. The van der Waals surface area contributed by atoms with E-state index >= 15 is 0 Å². The average Bonchev–Trinajstić information content (AvgIpc) is 2.95. The van der Waals surface area contributed by atoms with Crippen LogP contribution in [-0.4, -0.2) is 64.3 Å². The van der Waals surface area contributed by atoms with Crippen LogP contribution < -0.4 is 5.32 Å². The molecule has 2 heterocycles. The first kappa shape index (κ1) is 22.0. The van der Waals surface area contributed by atoms with Crippen molar-refractivity contribution < 1.29 is 17.6 Å². The quantitative estimate of drug-likeness (QED) is 0.795. The summed E-state index contributed by atoms with van der Waals surface area (Å²) in [7, 11) is 1.14. The van der Waals surface area contributed by atoms with Crippen LogP contribution in [0.2, 0.25) is 0 Å². The Hall–Kier alpha value is -1.09. The second kappa shape index (κ2) is 9.02. The molecule has 1 aliphatic heterocycles. The van der Waals surface area contributed by atoms with Crippen molar-refractivity contribution in [3.63, 3.8) is 0 Å². The Morgan fingerprint density at radius 1 is 1.36 bits per heavy atom. The molecule has 0 atom stereocenters. The molecule has 0 bridgehead atoms. The molecule has 7 nitrogen and oxygen atoms in total. The predicted octanol–water partition coefficient (Wildman–Crippen LogP) is 1.72. The van der Waals surface area contributed by atoms with Crippen molar-refractivity contribution in [3.05, 3.63) is 17.4 Å². The van der Waals surface area contributed by atoms with Gasteiger partial charge < -0.3 is 14.6 Å². The summed E-state index contributed by atoms with van der Waals surface area (Å²) in [4.78, 5) is 14.5. The lowest BCUT2D eigenvalue weighted by molar-refractivity contribution is 0.0685. The summed E-state index contributed by atoms with van der Waals surface area (Å²) in [5.74, 6) is 0.831. The minimum atomic E-state index is -3.67. The third kappa shape index (κ3) is 4.97. The smallest absolute Gasteiger partial charge is 0.275 e. The second-order valence-electron chi connectivity index (χ2n) is 6.45. The van der Waals surface area contributed by atoms with E-state index in [1.54, 1.807) is 11.8 Å². The highest BCUT2D eigenvalue weighted by molar-refractivity contribution is 7.88. The van der Waals surface area contributed by atoms with Crippen LogP contribution in [0.25, 0.3) is 0 Å². The van der Waals surface area contributed by atoms with E-state index in [4.69, 9.17) is 4.42 Å². The molecule has 0 saturated carbocycles. The zero-order chi connectivity index (χ0) is 17.9. The number of likely N-dealkylation sites (tertiary alicyclic amines) is 1. The SMILES string of the molecule is CNCCC1CCN(C(=O)c2cc(S(=O)(=O)N(C)C)oc2C)CC1.Cl. The number of carbonyl (C=O) groups is 1. The zero-order valence-electron chi connectivity index (χ0n) is 15.2. The van der Waals surface area contributed by atoms with Gasteiger partial charge in [-0.15, -0.1) is 12.4 Å². The van der Waals surface area contributed by atoms with E-state index in [2.05, 4.69) is 5.32 Å². The highest BCUT2D eigenvalue weighted by Gasteiger charge is 2.29. The monoisotopic (exact) mass is 393 g/mol. The predicted molar refractivity (Wildman–Crippen MR) is 98.7 cm³/mol. The maximum Gasteiger partial charge on any atom is 0.275 e. The fourth-order valence-corrected chi connectivity index (χ4v) is 3.77. The van der Waals surface area contributed by atoms with Crippen LogP contribution in [0, 0.1) is 12.8 Å². The number of sulfonamides is 1. The van der Waals surface area contributed by atoms with Crippen molar-refractivity contribution in [2.75, 3.05) is 40.8 Å². The molecule has 0 aliphatic carbocycles. The van der Waals surface area contributed by atoms with Gasteiger partial charge in [-0.05, 0) is 45.7 Å². The average molecular weight is 394 g/mol. The van der Waals surface area contributed by atoms with E-state index in [-0.39, 0.29) is 23.4 Å². The summed E-state index contributed by atoms with van der Waals surface area (Å²) in [5.41, 5.74) is 0.337. The molecule has 1 amide bonds. The number of piperidine rings is 1. The minimum Gasteiger partial charge on any atom is -0.448 e. The minimum absolute atomic E-state index is 0. The van der Waals surface area contributed by atoms with Crippen LogP contribution in [0.15, 0.2) is 15.6 Å². The Morgan fingerprint density at radius 2 is 1.96 bits per heavy atom. The van der Waals surface area contributed by atoms with Crippen LogP contribution in [0.5, 0.6) is 0 Å². The fraction of sp³-hybridized carbons (Fsp3) is 0.688. The molecule has 0 spiro atoms. The van der Waals surface area contributed by atoms with Crippen molar-refractivity contribution in [1.82, 2.24) is 14.5 Å². The van der Waals surface area contributed by atoms with Gasteiger partial charge in [-0.25, -0.2) is 12.7 Å². The van der Waals surface area contributed by atoms with Gasteiger partial charge in [0.25, 0.3) is 15.9 Å². The van der Waals surface area contributed by atoms with E-state index in [9.17, 15) is 13.2 Å². The molecule has 9 heteroatoms. The molecule has 1 aliphatic rings. The maximum atomic E-state index is 12.7. The third-order valence-electron chi connectivity index (χ3n) is 4.56. The number of carbonyl (C=O) groups excluding carboxylic acids is 1. The number of amides is 1. The Balaban J connectivity index is 0.00000312. The molecule has 1 aromatic rings.